The lowest BCUT2D eigenvalue weighted by Gasteiger charge is -2.32. The zero-order chi connectivity index (χ0) is 20.6. The van der Waals surface area contributed by atoms with Crippen molar-refractivity contribution in [3.8, 4) is 17.2 Å². The average Bonchev–Trinajstić information content (AvgIpc) is 2.77. The molecular weight excluding hydrogens is 390 g/mol. The van der Waals surface area contributed by atoms with Crippen LogP contribution in [-0.2, 0) is 0 Å². The summed E-state index contributed by atoms with van der Waals surface area (Å²) >= 11 is 6.36. The summed E-state index contributed by atoms with van der Waals surface area (Å²) in [6, 6.07) is 13.2. The van der Waals surface area contributed by atoms with Crippen molar-refractivity contribution in [2.45, 2.75) is 26.2 Å². The number of methoxy groups -OCH3 is 1. The number of rotatable bonds is 8. The zero-order valence-electron chi connectivity index (χ0n) is 17.0. The van der Waals surface area contributed by atoms with Gasteiger partial charge in [-0.3, -0.25) is 4.79 Å². The lowest BCUT2D eigenvalue weighted by molar-refractivity contribution is 0.0660. The SMILES string of the molecule is CCCOc1c(Cl)cc(C(=O)N2CCC(COc3ccccc3)CC2)cc1OC. The smallest absolute Gasteiger partial charge is 0.254 e. The number of nitrogens with zero attached hydrogens (tertiary/aromatic N) is 1. The molecule has 3 rings (SSSR count). The Hall–Kier alpha value is -2.40. The molecule has 1 saturated heterocycles. The van der Waals surface area contributed by atoms with Crippen LogP contribution in [0.1, 0.15) is 36.5 Å². The first-order valence-corrected chi connectivity index (χ1v) is 10.5. The standard InChI is InChI=1S/C23H28ClNO4/c1-3-13-28-22-20(24)14-18(15-21(22)27-2)23(26)25-11-9-17(10-12-25)16-29-19-7-5-4-6-8-19/h4-8,14-15,17H,3,9-13,16H2,1-2H3. The summed E-state index contributed by atoms with van der Waals surface area (Å²) in [5.41, 5.74) is 0.523. The maximum Gasteiger partial charge on any atom is 0.254 e. The molecule has 1 aliphatic heterocycles. The molecule has 0 aliphatic carbocycles. The van der Waals surface area contributed by atoms with Crippen LogP contribution in [0.15, 0.2) is 42.5 Å². The van der Waals surface area contributed by atoms with Gasteiger partial charge < -0.3 is 19.1 Å². The Labute approximate surface area is 177 Å². The third-order valence-corrected chi connectivity index (χ3v) is 5.34. The molecule has 5 nitrogen and oxygen atoms in total. The molecule has 0 radical (unpaired) electrons. The van der Waals surface area contributed by atoms with Crippen molar-refractivity contribution in [3.05, 3.63) is 53.1 Å². The lowest BCUT2D eigenvalue weighted by Crippen LogP contribution is -2.39. The molecule has 0 unspecified atom stereocenters. The first-order valence-electron chi connectivity index (χ1n) is 10.1. The number of halogens is 1. The summed E-state index contributed by atoms with van der Waals surface area (Å²) in [4.78, 5) is 14.8. The second-order valence-corrected chi connectivity index (χ2v) is 7.60. The van der Waals surface area contributed by atoms with Gasteiger partial charge in [0.15, 0.2) is 11.5 Å². The van der Waals surface area contributed by atoms with Gasteiger partial charge in [-0.15, -0.1) is 0 Å². The number of likely N-dealkylation sites (tertiary alicyclic amines) is 1. The van der Waals surface area contributed by atoms with Crippen molar-refractivity contribution >= 4 is 17.5 Å². The van der Waals surface area contributed by atoms with Crippen LogP contribution in [0.4, 0.5) is 0 Å². The summed E-state index contributed by atoms with van der Waals surface area (Å²) in [5, 5.41) is 0.396. The predicted octanol–water partition coefficient (Wildman–Crippen LogP) is 5.07. The second kappa shape index (κ2) is 10.4. The molecular formula is C23H28ClNO4. The number of piperidine rings is 1. The van der Waals surface area contributed by atoms with E-state index < -0.39 is 0 Å². The molecule has 0 saturated carbocycles. The van der Waals surface area contributed by atoms with E-state index in [0.717, 1.165) is 25.0 Å². The van der Waals surface area contributed by atoms with E-state index in [1.807, 2.05) is 42.2 Å². The molecule has 0 atom stereocenters. The Bertz CT molecular complexity index is 804. The van der Waals surface area contributed by atoms with Crippen LogP contribution in [0.3, 0.4) is 0 Å². The molecule has 2 aromatic rings. The van der Waals surface area contributed by atoms with Gasteiger partial charge in [-0.05, 0) is 49.4 Å². The number of carbonyl (C=O) groups is 1. The van der Waals surface area contributed by atoms with E-state index in [1.54, 1.807) is 19.2 Å². The van der Waals surface area contributed by atoms with Crippen LogP contribution < -0.4 is 14.2 Å². The number of benzene rings is 2. The fourth-order valence-corrected chi connectivity index (χ4v) is 3.67. The highest BCUT2D eigenvalue weighted by Gasteiger charge is 2.25. The minimum absolute atomic E-state index is 0.0327. The second-order valence-electron chi connectivity index (χ2n) is 7.20. The molecule has 0 N–H and O–H groups in total. The third kappa shape index (κ3) is 5.57. The third-order valence-electron chi connectivity index (χ3n) is 5.06. The van der Waals surface area contributed by atoms with Gasteiger partial charge in [0, 0.05) is 18.7 Å². The Kier molecular flexibility index (Phi) is 7.64. The lowest BCUT2D eigenvalue weighted by atomic mass is 9.97. The van der Waals surface area contributed by atoms with E-state index in [9.17, 15) is 4.79 Å². The van der Waals surface area contributed by atoms with Crippen LogP contribution in [-0.4, -0.2) is 44.2 Å². The van der Waals surface area contributed by atoms with Crippen LogP contribution in [0.25, 0.3) is 0 Å². The molecule has 6 heteroatoms. The number of para-hydroxylation sites is 1. The van der Waals surface area contributed by atoms with Crippen molar-refractivity contribution in [3.63, 3.8) is 0 Å². The van der Waals surface area contributed by atoms with Crippen LogP contribution >= 0.6 is 11.6 Å². The predicted molar refractivity (Wildman–Crippen MR) is 114 cm³/mol. The van der Waals surface area contributed by atoms with Gasteiger partial charge in [0.25, 0.3) is 5.91 Å². The van der Waals surface area contributed by atoms with Crippen molar-refractivity contribution in [2.24, 2.45) is 5.92 Å². The maximum atomic E-state index is 13.0. The minimum atomic E-state index is -0.0327. The fourth-order valence-electron chi connectivity index (χ4n) is 3.40. The normalized spacial score (nSPS) is 14.5. The molecule has 2 aromatic carbocycles. The number of carbonyl (C=O) groups excluding carboxylic acids is 1. The highest BCUT2D eigenvalue weighted by Crippen LogP contribution is 2.37. The van der Waals surface area contributed by atoms with Crippen molar-refractivity contribution < 1.29 is 19.0 Å². The molecule has 0 bridgehead atoms. The molecule has 0 aromatic heterocycles. The van der Waals surface area contributed by atoms with Crippen molar-refractivity contribution in [2.75, 3.05) is 33.4 Å². The average molecular weight is 418 g/mol. The van der Waals surface area contributed by atoms with E-state index in [4.69, 9.17) is 25.8 Å². The monoisotopic (exact) mass is 417 g/mol. The van der Waals surface area contributed by atoms with Gasteiger partial charge in [0.05, 0.1) is 25.3 Å². The highest BCUT2D eigenvalue weighted by atomic mass is 35.5. The molecule has 1 aliphatic rings. The topological polar surface area (TPSA) is 48.0 Å². The Morgan fingerprint density at radius 3 is 2.52 bits per heavy atom. The Balaban J connectivity index is 1.58. The zero-order valence-corrected chi connectivity index (χ0v) is 17.8. The first-order chi connectivity index (χ1) is 14.1. The van der Waals surface area contributed by atoms with Gasteiger partial charge in [0.1, 0.15) is 5.75 Å². The van der Waals surface area contributed by atoms with Crippen molar-refractivity contribution in [1.29, 1.82) is 0 Å². The largest absolute Gasteiger partial charge is 0.493 e. The fraction of sp³-hybridized carbons (Fsp3) is 0.435. The van der Waals surface area contributed by atoms with Gasteiger partial charge in [-0.25, -0.2) is 0 Å². The van der Waals surface area contributed by atoms with E-state index in [1.165, 1.54) is 0 Å². The number of hydrogen-bond donors (Lipinski definition) is 0. The van der Waals surface area contributed by atoms with Gasteiger partial charge in [-0.2, -0.15) is 0 Å². The van der Waals surface area contributed by atoms with E-state index in [0.29, 0.717) is 54.3 Å². The molecule has 156 valence electrons. The summed E-state index contributed by atoms with van der Waals surface area (Å²) in [6.45, 7) is 4.65. The van der Waals surface area contributed by atoms with Crippen LogP contribution in [0, 0.1) is 5.92 Å². The number of amides is 1. The molecule has 0 spiro atoms. The first kappa shape index (κ1) is 21.3. The highest BCUT2D eigenvalue weighted by molar-refractivity contribution is 6.32. The van der Waals surface area contributed by atoms with Crippen LogP contribution in [0.2, 0.25) is 5.02 Å². The summed E-state index contributed by atoms with van der Waals surface area (Å²) in [5.74, 6) is 2.28. The minimum Gasteiger partial charge on any atom is -0.493 e. The maximum absolute atomic E-state index is 13.0. The Morgan fingerprint density at radius 2 is 1.86 bits per heavy atom. The summed E-state index contributed by atoms with van der Waals surface area (Å²) in [7, 11) is 1.55. The van der Waals surface area contributed by atoms with E-state index in [-0.39, 0.29) is 5.91 Å². The molecule has 1 fully saturated rings. The Morgan fingerprint density at radius 1 is 1.14 bits per heavy atom. The summed E-state index contributed by atoms with van der Waals surface area (Å²) in [6.07, 6.45) is 2.70. The van der Waals surface area contributed by atoms with E-state index >= 15 is 0 Å². The van der Waals surface area contributed by atoms with Crippen LogP contribution in [0.5, 0.6) is 17.2 Å². The van der Waals surface area contributed by atoms with Crippen molar-refractivity contribution in [1.82, 2.24) is 4.90 Å². The van der Waals surface area contributed by atoms with E-state index in [2.05, 4.69) is 0 Å². The molecule has 1 heterocycles. The molecule has 29 heavy (non-hydrogen) atoms. The van der Waals surface area contributed by atoms with Gasteiger partial charge in [-0.1, -0.05) is 36.7 Å². The van der Waals surface area contributed by atoms with Gasteiger partial charge >= 0.3 is 0 Å². The van der Waals surface area contributed by atoms with Gasteiger partial charge in [0.2, 0.25) is 0 Å². The number of ether oxygens (including phenoxy) is 3. The summed E-state index contributed by atoms with van der Waals surface area (Å²) < 4.78 is 16.9. The number of hydrogen-bond acceptors (Lipinski definition) is 4. The quantitative estimate of drug-likeness (QED) is 0.601. The molecule has 1 amide bonds.